The van der Waals surface area contributed by atoms with E-state index in [4.69, 9.17) is 4.74 Å². The molecular weight excluding hydrogens is 276 g/mol. The highest BCUT2D eigenvalue weighted by Gasteiger charge is 2.06. The van der Waals surface area contributed by atoms with Crippen molar-refractivity contribution in [2.45, 2.75) is 53.4 Å². The van der Waals surface area contributed by atoms with Crippen molar-refractivity contribution >= 4 is 11.6 Å². The molecule has 0 spiro atoms. The molecule has 0 aliphatic heterocycles. The Hall–Kier alpha value is -1.48. The first-order valence-corrected chi connectivity index (χ1v) is 8.12. The lowest BCUT2D eigenvalue weighted by molar-refractivity contribution is -0.116. The Morgan fingerprint density at radius 1 is 1.09 bits per heavy atom. The van der Waals surface area contributed by atoms with Gasteiger partial charge < -0.3 is 4.74 Å². The summed E-state index contributed by atoms with van der Waals surface area (Å²) in [6, 6.07) is 8.84. The van der Waals surface area contributed by atoms with Gasteiger partial charge in [0.2, 0.25) is 0 Å². The average Bonchev–Trinajstić information content (AvgIpc) is 2.47. The summed E-state index contributed by atoms with van der Waals surface area (Å²) in [4.78, 5) is 21.8. The number of ether oxygens (including phenoxy) is 1. The molecule has 3 nitrogen and oxygen atoms in total. The summed E-state index contributed by atoms with van der Waals surface area (Å²) in [7, 11) is 0. The SMILES string of the molecule is CC(=O)CC(=O)c1ccccc1.CCCCCOCC(C)C. The smallest absolute Gasteiger partial charge is 0.170 e. The highest BCUT2D eigenvalue weighted by atomic mass is 16.5. The van der Waals surface area contributed by atoms with E-state index in [1.54, 1.807) is 24.3 Å². The van der Waals surface area contributed by atoms with Crippen LogP contribution in [-0.4, -0.2) is 24.8 Å². The summed E-state index contributed by atoms with van der Waals surface area (Å²) in [5, 5.41) is 0. The Labute approximate surface area is 135 Å². The van der Waals surface area contributed by atoms with Crippen LogP contribution in [0.25, 0.3) is 0 Å². The van der Waals surface area contributed by atoms with Crippen molar-refractivity contribution in [3.8, 4) is 0 Å². The molecule has 3 heteroatoms. The van der Waals surface area contributed by atoms with Crippen molar-refractivity contribution in [1.29, 1.82) is 0 Å². The molecule has 0 fully saturated rings. The molecule has 1 rings (SSSR count). The van der Waals surface area contributed by atoms with Gasteiger partial charge in [0.1, 0.15) is 5.78 Å². The predicted octanol–water partition coefficient (Wildman–Crippen LogP) is 4.70. The zero-order valence-corrected chi connectivity index (χ0v) is 14.4. The van der Waals surface area contributed by atoms with E-state index in [0.717, 1.165) is 13.2 Å². The van der Waals surface area contributed by atoms with Gasteiger partial charge in [-0.25, -0.2) is 0 Å². The normalized spacial score (nSPS) is 10.0. The molecule has 0 atom stereocenters. The number of benzene rings is 1. The van der Waals surface area contributed by atoms with Crippen LogP contribution in [0.15, 0.2) is 30.3 Å². The third-order valence-electron chi connectivity index (χ3n) is 2.85. The van der Waals surface area contributed by atoms with Crippen LogP contribution < -0.4 is 0 Å². The molecule has 0 radical (unpaired) electrons. The van der Waals surface area contributed by atoms with Crippen LogP contribution >= 0.6 is 0 Å². The maximum atomic E-state index is 11.2. The Morgan fingerprint density at radius 3 is 2.23 bits per heavy atom. The standard InChI is InChI=1S/C10H10O2.C9H20O/c1-8(11)7-10(12)9-5-3-2-4-6-9;1-4-5-6-7-10-8-9(2)3/h2-6H,7H2,1H3;9H,4-8H2,1-3H3. The van der Waals surface area contributed by atoms with Gasteiger partial charge in [0.05, 0.1) is 6.42 Å². The Morgan fingerprint density at radius 2 is 1.73 bits per heavy atom. The van der Waals surface area contributed by atoms with Crippen molar-refractivity contribution in [1.82, 2.24) is 0 Å². The largest absolute Gasteiger partial charge is 0.381 e. The fraction of sp³-hybridized carbons (Fsp3) is 0.579. The summed E-state index contributed by atoms with van der Waals surface area (Å²) in [5.74, 6) is 0.480. The minimum atomic E-state index is -0.108. The lowest BCUT2D eigenvalue weighted by Gasteiger charge is -2.05. The van der Waals surface area contributed by atoms with Gasteiger partial charge in [0.15, 0.2) is 5.78 Å². The Kier molecular flexibility index (Phi) is 12.3. The summed E-state index contributed by atoms with van der Waals surface area (Å²) in [6.45, 7) is 9.86. The first-order chi connectivity index (χ1) is 10.5. The van der Waals surface area contributed by atoms with E-state index in [1.165, 1.54) is 26.2 Å². The van der Waals surface area contributed by atoms with Crippen LogP contribution in [0, 0.1) is 5.92 Å². The quantitative estimate of drug-likeness (QED) is 0.377. The molecule has 0 saturated carbocycles. The molecule has 0 saturated heterocycles. The summed E-state index contributed by atoms with van der Waals surface area (Å²) in [6.07, 6.45) is 3.82. The second-order valence-corrected chi connectivity index (χ2v) is 5.84. The lowest BCUT2D eigenvalue weighted by atomic mass is 10.1. The molecule has 1 aromatic carbocycles. The molecule has 0 N–H and O–H groups in total. The minimum Gasteiger partial charge on any atom is -0.381 e. The number of hydrogen-bond donors (Lipinski definition) is 0. The number of hydrogen-bond acceptors (Lipinski definition) is 3. The third-order valence-corrected chi connectivity index (χ3v) is 2.85. The molecular formula is C19H30O3. The van der Waals surface area contributed by atoms with Crippen molar-refractivity contribution in [2.75, 3.05) is 13.2 Å². The van der Waals surface area contributed by atoms with Gasteiger partial charge in [0.25, 0.3) is 0 Å². The van der Waals surface area contributed by atoms with E-state index in [0.29, 0.717) is 11.5 Å². The summed E-state index contributed by atoms with van der Waals surface area (Å²) < 4.78 is 5.40. The molecule has 0 bridgehead atoms. The topological polar surface area (TPSA) is 43.4 Å². The monoisotopic (exact) mass is 306 g/mol. The first kappa shape index (κ1) is 20.5. The van der Waals surface area contributed by atoms with Crippen LogP contribution in [0.1, 0.15) is 63.7 Å². The van der Waals surface area contributed by atoms with E-state index < -0.39 is 0 Å². The third kappa shape index (κ3) is 12.3. The highest BCUT2D eigenvalue weighted by molar-refractivity contribution is 6.07. The number of unbranched alkanes of at least 4 members (excludes halogenated alkanes) is 2. The van der Waals surface area contributed by atoms with Crippen molar-refractivity contribution in [2.24, 2.45) is 5.92 Å². The Bertz CT molecular complexity index is 410. The van der Waals surface area contributed by atoms with Gasteiger partial charge in [-0.1, -0.05) is 63.9 Å². The Balaban J connectivity index is 0.000000409. The molecule has 0 heterocycles. The number of Topliss-reactive ketones (excluding diaryl/α,β-unsaturated/α-hetero) is 2. The van der Waals surface area contributed by atoms with Gasteiger partial charge in [0, 0.05) is 18.8 Å². The molecule has 0 amide bonds. The average molecular weight is 306 g/mol. The number of rotatable bonds is 9. The summed E-state index contributed by atoms with van der Waals surface area (Å²) >= 11 is 0. The molecule has 22 heavy (non-hydrogen) atoms. The van der Waals surface area contributed by atoms with E-state index >= 15 is 0 Å². The van der Waals surface area contributed by atoms with Crippen LogP contribution in [0.2, 0.25) is 0 Å². The molecule has 1 aromatic rings. The van der Waals surface area contributed by atoms with Gasteiger partial charge in [-0.05, 0) is 19.3 Å². The van der Waals surface area contributed by atoms with E-state index in [1.807, 2.05) is 6.07 Å². The highest BCUT2D eigenvalue weighted by Crippen LogP contribution is 2.02. The minimum absolute atomic E-state index is 0.00398. The second-order valence-electron chi connectivity index (χ2n) is 5.84. The van der Waals surface area contributed by atoms with Gasteiger partial charge >= 0.3 is 0 Å². The van der Waals surface area contributed by atoms with E-state index in [9.17, 15) is 9.59 Å². The van der Waals surface area contributed by atoms with Crippen molar-refractivity contribution in [3.05, 3.63) is 35.9 Å². The van der Waals surface area contributed by atoms with Crippen molar-refractivity contribution < 1.29 is 14.3 Å². The van der Waals surface area contributed by atoms with Gasteiger partial charge in [-0.15, -0.1) is 0 Å². The van der Waals surface area contributed by atoms with Crippen LogP contribution in [0.5, 0.6) is 0 Å². The zero-order valence-electron chi connectivity index (χ0n) is 14.4. The molecule has 0 aliphatic carbocycles. The van der Waals surface area contributed by atoms with E-state index in [-0.39, 0.29) is 18.0 Å². The fourth-order valence-corrected chi connectivity index (χ4v) is 1.73. The van der Waals surface area contributed by atoms with Crippen LogP contribution in [0.3, 0.4) is 0 Å². The number of carbonyl (C=O) groups excluding carboxylic acids is 2. The maximum Gasteiger partial charge on any atom is 0.170 e. The zero-order chi connectivity index (χ0) is 16.8. The van der Waals surface area contributed by atoms with Gasteiger partial charge in [-0.3, -0.25) is 9.59 Å². The van der Waals surface area contributed by atoms with Gasteiger partial charge in [-0.2, -0.15) is 0 Å². The predicted molar refractivity (Wildman–Crippen MR) is 91.3 cm³/mol. The van der Waals surface area contributed by atoms with Crippen LogP contribution in [-0.2, 0) is 9.53 Å². The molecule has 0 aliphatic rings. The maximum absolute atomic E-state index is 11.2. The fourth-order valence-electron chi connectivity index (χ4n) is 1.73. The second kappa shape index (κ2) is 13.2. The van der Waals surface area contributed by atoms with Crippen molar-refractivity contribution in [3.63, 3.8) is 0 Å². The number of carbonyl (C=O) groups is 2. The van der Waals surface area contributed by atoms with E-state index in [2.05, 4.69) is 20.8 Å². The molecule has 124 valence electrons. The summed E-state index contributed by atoms with van der Waals surface area (Å²) in [5.41, 5.74) is 0.604. The molecule has 0 aromatic heterocycles. The first-order valence-electron chi connectivity index (χ1n) is 8.12. The lowest BCUT2D eigenvalue weighted by Crippen LogP contribution is -2.04. The molecule has 0 unspecified atom stereocenters. The number of ketones is 2. The van der Waals surface area contributed by atoms with Crippen LogP contribution in [0.4, 0.5) is 0 Å².